The molecule has 2 aliphatic carbocycles. The summed E-state index contributed by atoms with van der Waals surface area (Å²) in [6.07, 6.45) is -3.24. The molecule has 14 nitrogen and oxygen atoms in total. The second-order valence-electron chi connectivity index (χ2n) is 17.2. The van der Waals surface area contributed by atoms with Gasteiger partial charge in [-0.05, 0) is 70.3 Å². The van der Waals surface area contributed by atoms with Crippen LogP contribution in [0.1, 0.15) is 79.1 Å². The van der Waals surface area contributed by atoms with Gasteiger partial charge in [-0.1, -0.05) is 44.2 Å². The Morgan fingerprint density at radius 1 is 1.12 bits per heavy atom. The van der Waals surface area contributed by atoms with Crippen LogP contribution in [-0.2, 0) is 24.4 Å². The molecule has 1 aromatic heterocycles. The Morgan fingerprint density at radius 2 is 1.80 bits per heavy atom. The van der Waals surface area contributed by atoms with Gasteiger partial charge in [0.15, 0.2) is 0 Å². The fourth-order valence-electron chi connectivity index (χ4n) is 8.78. The van der Waals surface area contributed by atoms with Crippen LogP contribution in [0.4, 0.5) is 22.4 Å². The zero-order valence-electron chi connectivity index (χ0n) is 33.6. The van der Waals surface area contributed by atoms with Crippen molar-refractivity contribution in [3.8, 4) is 11.6 Å². The van der Waals surface area contributed by atoms with E-state index in [9.17, 15) is 45.5 Å². The zero-order chi connectivity index (χ0) is 43.3. The molecule has 59 heavy (non-hydrogen) atoms. The van der Waals surface area contributed by atoms with Crippen LogP contribution in [0.5, 0.6) is 11.6 Å². The topological polar surface area (TPSA) is 185 Å². The maximum absolute atomic E-state index is 15.1. The molecule has 1 saturated heterocycles. The molecular formula is C40H51F4N5O9S. The Balaban J connectivity index is 1.42. The fraction of sp³-hybridized carbons (Fsp3) is 0.625. The standard InChI is InChI=1S/C40H51F4N5O9S/c1-23-10-6-7-11-25-18-39(25,35(52)47-59(55,56)38(22-41)14-15-38)46-32(50)29-17-26(58-33-28-13-9-8-12-27(28)30(57-5)19-45-33)20-48(29)34(51)31(24(2)16-23)49(36(53)54)37(3,4)21-40(42,43)44/h7-9,11-13,19,23-26,29,31H,6,10,14-18,20-22H2,1-5H3,(H,46,50)(H,47,52)(H,53,54)/b11-7-/t23-,24-,25-,26-,29+,31+,39-/m1/s1. The highest BCUT2D eigenvalue weighted by atomic mass is 32.2. The smallest absolute Gasteiger partial charge is 0.408 e. The van der Waals surface area contributed by atoms with Crippen LogP contribution in [0.2, 0.25) is 0 Å². The zero-order valence-corrected chi connectivity index (χ0v) is 34.4. The number of halogens is 4. The van der Waals surface area contributed by atoms with Gasteiger partial charge in [0, 0.05) is 23.1 Å². The first-order valence-corrected chi connectivity index (χ1v) is 21.2. The van der Waals surface area contributed by atoms with Crippen LogP contribution in [0.3, 0.4) is 0 Å². The Hall–Kier alpha value is -4.68. The van der Waals surface area contributed by atoms with E-state index in [0.29, 0.717) is 34.3 Å². The SMILES string of the molecule is COc1cnc(O[C@@H]2C[C@H]3C(=O)N[C@]4(C(=O)NS(=O)(=O)C5(CF)CC5)C[C@H]4/C=C\CC[C@@H](C)C[C@@H](C)[C@H](N(C(=O)O)C(C)(C)CC(F)(F)F)C(=O)N3C2)c2ccccc12. The minimum atomic E-state index is -4.81. The first kappa shape index (κ1) is 43.9. The maximum Gasteiger partial charge on any atom is 0.408 e. The Kier molecular flexibility index (Phi) is 11.9. The van der Waals surface area contributed by atoms with Crippen LogP contribution in [0.15, 0.2) is 42.6 Å². The number of alkyl halides is 4. The fourth-order valence-corrected chi connectivity index (χ4v) is 10.2. The summed E-state index contributed by atoms with van der Waals surface area (Å²) < 4.78 is 94.3. The highest BCUT2D eigenvalue weighted by molar-refractivity contribution is 7.91. The summed E-state index contributed by atoms with van der Waals surface area (Å²) in [4.78, 5) is 62.7. The Morgan fingerprint density at radius 3 is 2.41 bits per heavy atom. The second-order valence-corrected chi connectivity index (χ2v) is 19.3. The number of carboxylic acid groups (broad SMARTS) is 1. The number of carbonyl (C=O) groups excluding carboxylic acids is 3. The molecule has 2 aliphatic heterocycles. The first-order valence-electron chi connectivity index (χ1n) is 19.7. The molecule has 3 fully saturated rings. The molecule has 0 spiro atoms. The monoisotopic (exact) mass is 853 g/mol. The molecular weight excluding hydrogens is 803 g/mol. The number of methoxy groups -OCH3 is 1. The minimum Gasteiger partial charge on any atom is -0.494 e. The number of nitrogens with zero attached hydrogens (tertiary/aromatic N) is 3. The summed E-state index contributed by atoms with van der Waals surface area (Å²) in [7, 11) is -3.02. The van der Waals surface area contributed by atoms with Crippen molar-refractivity contribution < 1.29 is 59.7 Å². The largest absolute Gasteiger partial charge is 0.494 e. The van der Waals surface area contributed by atoms with Gasteiger partial charge in [-0.25, -0.2) is 22.6 Å². The number of allylic oxidation sites excluding steroid dienone is 1. The van der Waals surface area contributed by atoms with Crippen LogP contribution < -0.4 is 19.5 Å². The molecule has 324 valence electrons. The van der Waals surface area contributed by atoms with Crippen molar-refractivity contribution in [2.24, 2.45) is 17.8 Å². The van der Waals surface area contributed by atoms with Crippen LogP contribution in [-0.4, -0.2) is 113 Å². The first-order chi connectivity index (χ1) is 27.6. The molecule has 3 heterocycles. The van der Waals surface area contributed by atoms with E-state index in [0.717, 1.165) is 18.7 Å². The molecule has 0 unspecified atom stereocenters. The van der Waals surface area contributed by atoms with Gasteiger partial charge in [-0.2, -0.15) is 13.2 Å². The van der Waals surface area contributed by atoms with E-state index in [4.69, 9.17) is 9.47 Å². The van der Waals surface area contributed by atoms with Gasteiger partial charge in [-0.3, -0.25) is 24.0 Å². The van der Waals surface area contributed by atoms with E-state index >= 15 is 4.79 Å². The van der Waals surface area contributed by atoms with Gasteiger partial charge in [0.05, 0.1) is 31.8 Å². The number of aromatic nitrogens is 1. The van der Waals surface area contributed by atoms with Crippen LogP contribution >= 0.6 is 0 Å². The molecule has 2 aromatic rings. The number of hydrogen-bond acceptors (Lipinski definition) is 9. The Bertz CT molecular complexity index is 2110. The molecule has 0 bridgehead atoms. The summed E-state index contributed by atoms with van der Waals surface area (Å²) in [5.41, 5.74) is -3.95. The molecule has 4 amide bonds. The van der Waals surface area contributed by atoms with E-state index in [1.54, 1.807) is 43.3 Å². The third-order valence-electron chi connectivity index (χ3n) is 12.2. The number of carbonyl (C=O) groups is 4. The third-order valence-corrected chi connectivity index (χ3v) is 14.3. The van der Waals surface area contributed by atoms with E-state index in [-0.39, 0.29) is 50.4 Å². The van der Waals surface area contributed by atoms with Crippen molar-refractivity contribution in [3.63, 3.8) is 0 Å². The normalized spacial score (nSPS) is 29.2. The van der Waals surface area contributed by atoms with Gasteiger partial charge in [0.2, 0.25) is 27.7 Å². The van der Waals surface area contributed by atoms with Gasteiger partial charge in [0.1, 0.15) is 40.9 Å². The molecule has 7 atom stereocenters. The molecule has 2 saturated carbocycles. The number of sulfonamides is 1. The lowest BCUT2D eigenvalue weighted by Gasteiger charge is -2.45. The van der Waals surface area contributed by atoms with Crippen molar-refractivity contribution in [1.82, 2.24) is 24.8 Å². The maximum atomic E-state index is 15.1. The number of fused-ring (bicyclic) bond motifs is 3. The van der Waals surface area contributed by atoms with Crippen molar-refractivity contribution in [1.29, 1.82) is 0 Å². The summed E-state index contributed by atoms with van der Waals surface area (Å²) in [6.45, 7) is 4.11. The highest BCUT2D eigenvalue weighted by Gasteiger charge is 2.64. The van der Waals surface area contributed by atoms with Crippen LogP contribution in [0, 0.1) is 17.8 Å². The molecule has 3 N–H and O–H groups in total. The summed E-state index contributed by atoms with van der Waals surface area (Å²) in [5, 5.41) is 14.5. The van der Waals surface area contributed by atoms with E-state index in [1.165, 1.54) is 13.3 Å². The summed E-state index contributed by atoms with van der Waals surface area (Å²) in [5.74, 6) is -4.04. The van der Waals surface area contributed by atoms with Gasteiger partial charge in [-0.15, -0.1) is 0 Å². The third kappa shape index (κ3) is 8.80. The summed E-state index contributed by atoms with van der Waals surface area (Å²) in [6, 6.07) is 3.85. The molecule has 1 aromatic carbocycles. The predicted octanol–water partition coefficient (Wildman–Crippen LogP) is 5.51. The van der Waals surface area contributed by atoms with Gasteiger partial charge < -0.3 is 24.8 Å². The van der Waals surface area contributed by atoms with Crippen molar-refractivity contribution >= 4 is 44.6 Å². The Labute approximate surface area is 340 Å². The number of amides is 4. The molecule has 6 rings (SSSR count). The van der Waals surface area contributed by atoms with Crippen LogP contribution in [0.25, 0.3) is 10.8 Å². The van der Waals surface area contributed by atoms with Crippen molar-refractivity contribution in [2.45, 2.75) is 119 Å². The number of rotatable bonds is 10. The lowest BCUT2D eigenvalue weighted by atomic mass is 9.84. The molecule has 19 heteroatoms. The lowest BCUT2D eigenvalue weighted by molar-refractivity contribution is -0.166. The number of pyridine rings is 1. The van der Waals surface area contributed by atoms with Gasteiger partial charge in [0.25, 0.3) is 5.91 Å². The highest BCUT2D eigenvalue weighted by Crippen LogP contribution is 2.48. The molecule has 0 radical (unpaired) electrons. The van der Waals surface area contributed by atoms with Crippen molar-refractivity contribution in [3.05, 3.63) is 42.6 Å². The summed E-state index contributed by atoms with van der Waals surface area (Å²) >= 11 is 0. The quantitative estimate of drug-likeness (QED) is 0.204. The second kappa shape index (κ2) is 16.1. The van der Waals surface area contributed by atoms with E-state index in [1.807, 2.05) is 11.6 Å². The lowest BCUT2D eigenvalue weighted by Crippen LogP contribution is -2.63. The average molecular weight is 854 g/mol. The van der Waals surface area contributed by atoms with Crippen molar-refractivity contribution in [2.75, 3.05) is 20.3 Å². The predicted molar refractivity (Wildman–Crippen MR) is 207 cm³/mol. The number of nitrogens with one attached hydrogen (secondary N) is 2. The van der Waals surface area contributed by atoms with Gasteiger partial charge >= 0.3 is 12.3 Å². The minimum absolute atomic E-state index is 0.0125. The van der Waals surface area contributed by atoms with E-state index < -0.39 is 99.0 Å². The number of benzene rings is 1. The number of hydrogen-bond donors (Lipinski definition) is 3. The van der Waals surface area contributed by atoms with E-state index in [2.05, 4.69) is 10.3 Å². The number of ether oxygens (including phenoxy) is 2. The average Bonchev–Trinajstić information content (AvgIpc) is 4.05. The molecule has 4 aliphatic rings.